The number of benzene rings is 2. The summed E-state index contributed by atoms with van der Waals surface area (Å²) < 4.78 is 14.7. The van der Waals surface area contributed by atoms with Gasteiger partial charge in [-0.25, -0.2) is 14.1 Å². The van der Waals surface area contributed by atoms with Crippen molar-refractivity contribution in [2.75, 3.05) is 5.32 Å². The number of halogens is 1. The number of amides is 1. The average molecular weight is 390 g/mol. The molecule has 1 aliphatic carbocycles. The lowest BCUT2D eigenvalue weighted by molar-refractivity contribution is 0.102. The number of carbonyl (C=O) groups is 1. The van der Waals surface area contributed by atoms with Gasteiger partial charge < -0.3 is 10.3 Å². The number of aromatic amines is 1. The van der Waals surface area contributed by atoms with Crippen molar-refractivity contribution >= 4 is 22.6 Å². The van der Waals surface area contributed by atoms with E-state index in [2.05, 4.69) is 25.6 Å². The number of hydrogen-bond acceptors (Lipinski definition) is 4. The number of aromatic nitrogens is 5. The Bertz CT molecular complexity index is 1210. The van der Waals surface area contributed by atoms with Crippen molar-refractivity contribution < 1.29 is 9.18 Å². The zero-order valence-corrected chi connectivity index (χ0v) is 15.8. The fourth-order valence-corrected chi connectivity index (χ4v) is 3.54. The van der Waals surface area contributed by atoms with E-state index in [1.54, 1.807) is 19.1 Å². The van der Waals surface area contributed by atoms with Crippen LogP contribution in [0.2, 0.25) is 0 Å². The van der Waals surface area contributed by atoms with Gasteiger partial charge in [0.25, 0.3) is 5.91 Å². The predicted octanol–water partition coefficient (Wildman–Crippen LogP) is 4.11. The fraction of sp³-hybridized carbons (Fsp3) is 0.238. The Morgan fingerprint density at radius 3 is 2.72 bits per heavy atom. The first-order valence-electron chi connectivity index (χ1n) is 9.58. The molecule has 146 valence electrons. The van der Waals surface area contributed by atoms with Crippen LogP contribution in [-0.4, -0.2) is 30.9 Å². The van der Waals surface area contributed by atoms with Crippen LogP contribution in [0.25, 0.3) is 16.7 Å². The van der Waals surface area contributed by atoms with Gasteiger partial charge in [-0.3, -0.25) is 4.79 Å². The van der Waals surface area contributed by atoms with E-state index in [9.17, 15) is 9.18 Å². The molecule has 1 fully saturated rings. The van der Waals surface area contributed by atoms with Crippen LogP contribution in [0.3, 0.4) is 0 Å². The smallest absolute Gasteiger partial charge is 0.278 e. The number of H-pyrrole nitrogens is 1. The highest BCUT2D eigenvalue weighted by atomic mass is 19.1. The molecule has 29 heavy (non-hydrogen) atoms. The lowest BCUT2D eigenvalue weighted by atomic mass is 9.85. The molecule has 1 aliphatic rings. The van der Waals surface area contributed by atoms with Crippen molar-refractivity contribution in [1.29, 1.82) is 0 Å². The second-order valence-electron chi connectivity index (χ2n) is 7.35. The van der Waals surface area contributed by atoms with E-state index in [-0.39, 0.29) is 17.4 Å². The minimum atomic E-state index is -0.353. The molecule has 5 rings (SSSR count). The summed E-state index contributed by atoms with van der Waals surface area (Å²) in [6, 6.07) is 11.5. The summed E-state index contributed by atoms with van der Waals surface area (Å²) in [7, 11) is 0. The molecule has 0 saturated heterocycles. The second kappa shape index (κ2) is 6.80. The Balaban J connectivity index is 1.38. The predicted molar refractivity (Wildman–Crippen MR) is 107 cm³/mol. The lowest BCUT2D eigenvalue weighted by Crippen LogP contribution is -2.14. The highest BCUT2D eigenvalue weighted by Crippen LogP contribution is 2.35. The van der Waals surface area contributed by atoms with E-state index in [4.69, 9.17) is 0 Å². The molecule has 8 heteroatoms. The number of hydrogen-bond donors (Lipinski definition) is 2. The summed E-state index contributed by atoms with van der Waals surface area (Å²) in [5.74, 6) is 0.852. The topological polar surface area (TPSA) is 88.5 Å². The van der Waals surface area contributed by atoms with Crippen LogP contribution in [0.1, 0.15) is 47.2 Å². The molecule has 2 aromatic heterocycles. The van der Waals surface area contributed by atoms with Crippen molar-refractivity contribution in [1.82, 2.24) is 25.0 Å². The summed E-state index contributed by atoms with van der Waals surface area (Å²) in [6.45, 7) is 1.75. The summed E-state index contributed by atoms with van der Waals surface area (Å²) in [5.41, 5.74) is 3.87. The van der Waals surface area contributed by atoms with Crippen molar-refractivity contribution in [2.24, 2.45) is 0 Å². The fourth-order valence-electron chi connectivity index (χ4n) is 3.54. The number of anilines is 1. The first-order chi connectivity index (χ1) is 14.1. The number of nitrogens with zero attached hydrogens (tertiary/aromatic N) is 4. The molecule has 0 bridgehead atoms. The molecule has 0 aliphatic heterocycles. The second-order valence-corrected chi connectivity index (χ2v) is 7.35. The Hall–Kier alpha value is -3.55. The number of rotatable bonds is 4. The van der Waals surface area contributed by atoms with Gasteiger partial charge in [-0.1, -0.05) is 11.6 Å². The maximum absolute atomic E-state index is 13.1. The van der Waals surface area contributed by atoms with Gasteiger partial charge in [0.2, 0.25) is 0 Å². The van der Waals surface area contributed by atoms with Gasteiger partial charge >= 0.3 is 0 Å². The van der Waals surface area contributed by atoms with Crippen LogP contribution >= 0.6 is 0 Å². The number of nitrogens with one attached hydrogen (secondary N) is 2. The largest absolute Gasteiger partial charge is 0.342 e. The van der Waals surface area contributed by atoms with Gasteiger partial charge in [0.15, 0.2) is 5.69 Å². The molecule has 2 heterocycles. The minimum Gasteiger partial charge on any atom is -0.342 e. The molecule has 0 unspecified atom stereocenters. The van der Waals surface area contributed by atoms with Crippen LogP contribution in [0.4, 0.5) is 10.1 Å². The van der Waals surface area contributed by atoms with Crippen molar-refractivity contribution in [3.63, 3.8) is 0 Å². The summed E-state index contributed by atoms with van der Waals surface area (Å²) in [5, 5.41) is 10.9. The van der Waals surface area contributed by atoms with Crippen LogP contribution in [0.15, 0.2) is 42.5 Å². The van der Waals surface area contributed by atoms with E-state index < -0.39 is 0 Å². The summed E-state index contributed by atoms with van der Waals surface area (Å²) in [6.07, 6.45) is 3.60. The zero-order chi connectivity index (χ0) is 20.0. The number of carbonyl (C=O) groups excluding carboxylic acids is 1. The van der Waals surface area contributed by atoms with E-state index in [0.717, 1.165) is 16.9 Å². The van der Waals surface area contributed by atoms with E-state index >= 15 is 0 Å². The van der Waals surface area contributed by atoms with Crippen molar-refractivity contribution in [2.45, 2.75) is 32.1 Å². The summed E-state index contributed by atoms with van der Waals surface area (Å²) in [4.78, 5) is 20.7. The number of fused-ring (bicyclic) bond motifs is 1. The van der Waals surface area contributed by atoms with E-state index in [1.807, 2.05) is 18.2 Å². The Morgan fingerprint density at radius 1 is 1.21 bits per heavy atom. The van der Waals surface area contributed by atoms with Gasteiger partial charge in [-0.15, -0.1) is 5.10 Å². The SMILES string of the molecule is Cc1c(C(=O)Nc2ccc3nc(C4CCC4)[nH]c3c2)nnn1-c1ccc(F)cc1. The molecule has 4 aromatic rings. The highest BCUT2D eigenvalue weighted by Gasteiger charge is 2.23. The number of imidazole rings is 1. The third-order valence-electron chi connectivity index (χ3n) is 5.43. The Kier molecular flexibility index (Phi) is 4.12. The monoisotopic (exact) mass is 390 g/mol. The minimum absolute atomic E-state index is 0.217. The molecule has 1 saturated carbocycles. The molecule has 0 atom stereocenters. The molecule has 2 aromatic carbocycles. The van der Waals surface area contributed by atoms with Crippen LogP contribution < -0.4 is 5.32 Å². The quantitative estimate of drug-likeness (QED) is 0.549. The average Bonchev–Trinajstić information content (AvgIpc) is 3.24. The standard InChI is InChI=1S/C21H19FN6O/c1-12-19(26-27-28(12)16-8-5-14(22)6-9-16)21(29)23-15-7-10-17-18(11-15)25-20(24-17)13-3-2-4-13/h5-11,13H,2-4H2,1H3,(H,23,29)(H,24,25). The van der Waals surface area contributed by atoms with Crippen molar-refractivity contribution in [3.8, 4) is 5.69 Å². The molecule has 7 nitrogen and oxygen atoms in total. The Labute approximate surface area is 166 Å². The zero-order valence-electron chi connectivity index (χ0n) is 15.8. The maximum Gasteiger partial charge on any atom is 0.278 e. The van der Waals surface area contributed by atoms with Crippen molar-refractivity contribution in [3.05, 3.63) is 65.5 Å². The van der Waals surface area contributed by atoms with Gasteiger partial charge in [0, 0.05) is 11.6 Å². The molecule has 0 spiro atoms. The molecular weight excluding hydrogens is 371 g/mol. The van der Waals surface area contributed by atoms with Gasteiger partial charge in [0.1, 0.15) is 11.6 Å². The summed E-state index contributed by atoms with van der Waals surface area (Å²) >= 11 is 0. The van der Waals surface area contributed by atoms with E-state index in [1.165, 1.54) is 36.1 Å². The highest BCUT2D eigenvalue weighted by molar-refractivity contribution is 6.04. The van der Waals surface area contributed by atoms with Gasteiger partial charge in [-0.05, 0) is 62.2 Å². The Morgan fingerprint density at radius 2 is 2.00 bits per heavy atom. The maximum atomic E-state index is 13.1. The molecule has 0 radical (unpaired) electrons. The third-order valence-corrected chi connectivity index (χ3v) is 5.43. The molecule has 2 N–H and O–H groups in total. The molecule has 1 amide bonds. The molecular formula is C21H19FN6O. The van der Waals surface area contributed by atoms with Crippen LogP contribution in [-0.2, 0) is 0 Å². The van der Waals surface area contributed by atoms with Gasteiger partial charge in [-0.2, -0.15) is 0 Å². The van der Waals surface area contributed by atoms with Gasteiger partial charge in [0.05, 0.1) is 22.4 Å². The first-order valence-corrected chi connectivity index (χ1v) is 9.58. The lowest BCUT2D eigenvalue weighted by Gasteiger charge is -2.22. The van der Waals surface area contributed by atoms with Crippen LogP contribution in [0.5, 0.6) is 0 Å². The van der Waals surface area contributed by atoms with E-state index in [0.29, 0.717) is 23.0 Å². The van der Waals surface area contributed by atoms with Crippen LogP contribution in [0, 0.1) is 12.7 Å². The third kappa shape index (κ3) is 3.16. The normalized spacial score (nSPS) is 14.1. The first kappa shape index (κ1) is 17.5.